The molecule has 0 radical (unpaired) electrons. The average molecular weight is 276 g/mol. The van der Waals surface area contributed by atoms with E-state index in [2.05, 4.69) is 10.6 Å². The quantitative estimate of drug-likeness (QED) is 0.465. The maximum atomic E-state index is 11.4. The molecule has 3 fully saturated rings. The second-order valence-electron chi connectivity index (χ2n) is 4.21. The number of hydrogen-bond donors (Lipinski definition) is 2. The molecule has 1 spiro atoms. The highest BCUT2D eigenvalue weighted by Crippen LogP contribution is 2.59. The van der Waals surface area contributed by atoms with Gasteiger partial charge in [0, 0.05) is 13.1 Å². The first-order valence-electron chi connectivity index (χ1n) is 5.31. The monoisotopic (exact) mass is 276 g/mol. The third kappa shape index (κ3) is 1.92. The molecule has 2 N–H and O–H groups in total. The number of esters is 2. The van der Waals surface area contributed by atoms with Crippen LogP contribution in [0, 0.1) is 0 Å². The molecule has 17 heavy (non-hydrogen) atoms. The maximum Gasteiger partial charge on any atom is 0.361 e. The van der Waals surface area contributed by atoms with Crippen LogP contribution in [0.1, 0.15) is 13.3 Å². The number of hydrogen-bond acceptors (Lipinski definition) is 8. The summed E-state index contributed by atoms with van der Waals surface area (Å²) in [5.41, 5.74) is 0. The molecule has 0 amide bonds. The molecule has 0 aromatic rings. The molecule has 8 heteroatoms. The van der Waals surface area contributed by atoms with Gasteiger partial charge in [-0.15, -0.1) is 0 Å². The van der Waals surface area contributed by atoms with Crippen molar-refractivity contribution >= 4 is 35.5 Å². The van der Waals surface area contributed by atoms with Crippen molar-refractivity contribution in [3.63, 3.8) is 0 Å². The van der Waals surface area contributed by atoms with Crippen molar-refractivity contribution in [2.24, 2.45) is 0 Å². The van der Waals surface area contributed by atoms with Gasteiger partial charge in [0.2, 0.25) is 0 Å². The normalized spacial score (nSPS) is 39.7. The number of thioether (sulfide) groups is 2. The summed E-state index contributed by atoms with van der Waals surface area (Å²) < 4.78 is 9.23. The van der Waals surface area contributed by atoms with E-state index in [1.807, 2.05) is 6.92 Å². The molecular weight excluding hydrogens is 264 g/mol. The molecular formula is C9H12N2O4S2. The fourth-order valence-corrected chi connectivity index (χ4v) is 5.58. The second kappa shape index (κ2) is 3.78. The van der Waals surface area contributed by atoms with Gasteiger partial charge < -0.3 is 14.8 Å². The number of piperazine rings is 1. The maximum absolute atomic E-state index is 11.4. The number of ether oxygens (including phenoxy) is 2. The van der Waals surface area contributed by atoms with Crippen LogP contribution in [0.25, 0.3) is 0 Å². The van der Waals surface area contributed by atoms with E-state index < -0.39 is 16.4 Å². The minimum Gasteiger partial charge on any atom is -0.403 e. The lowest BCUT2D eigenvalue weighted by Crippen LogP contribution is -2.58. The molecule has 2 unspecified atom stereocenters. The van der Waals surface area contributed by atoms with E-state index in [9.17, 15) is 9.59 Å². The lowest BCUT2D eigenvalue weighted by molar-refractivity contribution is -0.193. The summed E-state index contributed by atoms with van der Waals surface area (Å²) >= 11 is 2.66. The van der Waals surface area contributed by atoms with Crippen molar-refractivity contribution in [3.05, 3.63) is 0 Å². The summed E-state index contributed by atoms with van der Waals surface area (Å²) in [4.78, 5) is 22.4. The zero-order valence-electron chi connectivity index (χ0n) is 9.15. The predicted molar refractivity (Wildman–Crippen MR) is 62.9 cm³/mol. The first-order valence-corrected chi connectivity index (χ1v) is 7.01. The fourth-order valence-electron chi connectivity index (χ4n) is 2.05. The van der Waals surface area contributed by atoms with E-state index in [4.69, 9.17) is 9.47 Å². The smallest absolute Gasteiger partial charge is 0.361 e. The highest BCUT2D eigenvalue weighted by atomic mass is 32.2. The summed E-state index contributed by atoms with van der Waals surface area (Å²) in [5.74, 6) is -1.05. The summed E-state index contributed by atoms with van der Waals surface area (Å²) in [6, 6.07) is 0. The van der Waals surface area contributed by atoms with Gasteiger partial charge in [0.15, 0.2) is 0 Å². The Morgan fingerprint density at radius 3 is 2.65 bits per heavy atom. The number of rotatable bonds is 0. The molecule has 0 aromatic heterocycles. The molecule has 3 aliphatic heterocycles. The summed E-state index contributed by atoms with van der Waals surface area (Å²) in [7, 11) is 0. The molecule has 3 rings (SSSR count). The first kappa shape index (κ1) is 11.6. The average Bonchev–Trinajstić information content (AvgIpc) is 2.46. The van der Waals surface area contributed by atoms with Crippen molar-refractivity contribution in [2.75, 3.05) is 13.1 Å². The van der Waals surface area contributed by atoms with Crippen molar-refractivity contribution < 1.29 is 19.1 Å². The second-order valence-corrected chi connectivity index (χ2v) is 7.31. The lowest BCUT2D eigenvalue weighted by atomic mass is 10.2. The first-order chi connectivity index (χ1) is 8.01. The van der Waals surface area contributed by atoms with Gasteiger partial charge in [0.1, 0.15) is 6.42 Å². The molecule has 3 heterocycles. The van der Waals surface area contributed by atoms with Crippen LogP contribution in [0.4, 0.5) is 0 Å². The standard InChI is InChI=1S/C9H12N2O4S2/c1-8-7(10-2-3-11-8)16-9(17-8)14-5(12)4-6(13)15-9/h7,10-11H,2-4H2,1H3. The Balaban J connectivity index is 1.85. The minimum absolute atomic E-state index is 0.0416. The van der Waals surface area contributed by atoms with Gasteiger partial charge >= 0.3 is 16.4 Å². The zero-order valence-corrected chi connectivity index (χ0v) is 10.8. The van der Waals surface area contributed by atoms with Crippen LogP contribution in [0.3, 0.4) is 0 Å². The largest absolute Gasteiger partial charge is 0.403 e. The lowest BCUT2D eigenvalue weighted by Gasteiger charge is -2.35. The van der Waals surface area contributed by atoms with Crippen LogP contribution < -0.4 is 10.6 Å². The Hall–Kier alpha value is -0.440. The van der Waals surface area contributed by atoms with Gasteiger partial charge in [-0.05, 0) is 30.4 Å². The number of fused-ring (bicyclic) bond motifs is 1. The van der Waals surface area contributed by atoms with Crippen molar-refractivity contribution in [2.45, 2.75) is 28.0 Å². The molecule has 0 bridgehead atoms. The molecule has 0 aromatic carbocycles. The van der Waals surface area contributed by atoms with Crippen LogP contribution >= 0.6 is 23.5 Å². The Morgan fingerprint density at radius 2 is 2.00 bits per heavy atom. The summed E-state index contributed by atoms with van der Waals surface area (Å²) in [6.45, 7) is 3.68. The third-order valence-corrected chi connectivity index (χ3v) is 6.03. The Bertz CT molecular complexity index is 375. The Labute approximate surface area is 107 Å². The van der Waals surface area contributed by atoms with Crippen molar-refractivity contribution in [3.8, 4) is 0 Å². The van der Waals surface area contributed by atoms with Gasteiger partial charge in [0.25, 0.3) is 0 Å². The van der Waals surface area contributed by atoms with Gasteiger partial charge in [-0.3, -0.25) is 14.9 Å². The molecule has 0 saturated carbocycles. The van der Waals surface area contributed by atoms with E-state index in [1.165, 1.54) is 23.5 Å². The van der Waals surface area contributed by atoms with E-state index in [-0.39, 0.29) is 16.7 Å². The van der Waals surface area contributed by atoms with Gasteiger partial charge in [-0.25, -0.2) is 0 Å². The molecule has 2 atom stereocenters. The van der Waals surface area contributed by atoms with Gasteiger partial charge in [0.05, 0.1) is 10.2 Å². The molecule has 6 nitrogen and oxygen atoms in total. The van der Waals surface area contributed by atoms with Gasteiger partial charge in [-0.2, -0.15) is 0 Å². The van der Waals surface area contributed by atoms with E-state index in [0.717, 1.165) is 13.1 Å². The molecule has 0 aliphatic carbocycles. The Kier molecular flexibility index (Phi) is 2.58. The molecule has 3 aliphatic rings. The third-order valence-electron chi connectivity index (χ3n) is 2.80. The van der Waals surface area contributed by atoms with E-state index >= 15 is 0 Å². The van der Waals surface area contributed by atoms with Gasteiger partial charge in [-0.1, -0.05) is 0 Å². The topological polar surface area (TPSA) is 76.7 Å². The zero-order chi connectivity index (χ0) is 12.1. The van der Waals surface area contributed by atoms with E-state index in [0.29, 0.717) is 0 Å². The molecule has 94 valence electrons. The molecule has 3 saturated heterocycles. The summed E-state index contributed by atoms with van der Waals surface area (Å²) in [5, 5.41) is 6.72. The van der Waals surface area contributed by atoms with Crippen LogP contribution in [-0.4, -0.2) is 39.7 Å². The Morgan fingerprint density at radius 1 is 1.29 bits per heavy atom. The van der Waals surface area contributed by atoms with Crippen LogP contribution in [-0.2, 0) is 19.1 Å². The number of carbonyl (C=O) groups is 2. The SMILES string of the molecule is CC12NCCNC1SC1(OC(=O)CC(=O)O1)S2. The predicted octanol–water partition coefficient (Wildman–Crippen LogP) is -0.197. The summed E-state index contributed by atoms with van der Waals surface area (Å²) in [6.07, 6.45) is -0.300. The fraction of sp³-hybridized carbons (Fsp3) is 0.778. The van der Waals surface area contributed by atoms with Crippen LogP contribution in [0.5, 0.6) is 0 Å². The van der Waals surface area contributed by atoms with Crippen molar-refractivity contribution in [1.29, 1.82) is 0 Å². The number of carbonyl (C=O) groups excluding carboxylic acids is 2. The highest BCUT2D eigenvalue weighted by molar-refractivity contribution is 8.22. The van der Waals surface area contributed by atoms with Crippen molar-refractivity contribution in [1.82, 2.24) is 10.6 Å². The minimum atomic E-state index is -1.23. The van der Waals surface area contributed by atoms with Crippen LogP contribution in [0.15, 0.2) is 0 Å². The van der Waals surface area contributed by atoms with Crippen LogP contribution in [0.2, 0.25) is 0 Å². The highest BCUT2D eigenvalue weighted by Gasteiger charge is 2.61. The number of nitrogens with one attached hydrogen (secondary N) is 2. The van der Waals surface area contributed by atoms with E-state index in [1.54, 1.807) is 0 Å².